The molecule has 1 aromatic carbocycles. The first-order valence-electron chi connectivity index (χ1n) is 4.57. The lowest BCUT2D eigenvalue weighted by atomic mass is 9.96. The predicted molar refractivity (Wildman–Crippen MR) is 52.4 cm³/mol. The molecule has 72 valence electrons. The summed E-state index contributed by atoms with van der Waals surface area (Å²) in [6.07, 6.45) is 0.197. The lowest BCUT2D eigenvalue weighted by Gasteiger charge is -2.16. The summed E-state index contributed by atoms with van der Waals surface area (Å²) in [7, 11) is 0. The van der Waals surface area contributed by atoms with Gasteiger partial charge in [0.05, 0.1) is 12.7 Å². The normalized spacial score (nSPS) is 15.3. The molecule has 0 bridgehead atoms. The van der Waals surface area contributed by atoms with Crippen molar-refractivity contribution in [1.82, 2.24) is 0 Å². The van der Waals surface area contributed by atoms with Crippen LogP contribution in [-0.2, 0) is 6.42 Å². The second-order valence-corrected chi connectivity index (χ2v) is 3.42. The van der Waals surface area contributed by atoms with E-state index < -0.39 is 6.10 Å². The van der Waals surface area contributed by atoms with E-state index in [-0.39, 0.29) is 12.5 Å². The van der Waals surface area contributed by atoms with Crippen molar-refractivity contribution in [3.05, 3.63) is 35.9 Å². The van der Waals surface area contributed by atoms with Gasteiger partial charge in [-0.25, -0.2) is 0 Å². The molecule has 0 radical (unpaired) electrons. The maximum Gasteiger partial charge on any atom is 0.0799 e. The van der Waals surface area contributed by atoms with Gasteiger partial charge >= 0.3 is 0 Å². The van der Waals surface area contributed by atoms with Gasteiger partial charge in [-0.2, -0.15) is 0 Å². The Hall–Kier alpha value is -0.860. The summed E-state index contributed by atoms with van der Waals surface area (Å²) in [6, 6.07) is 9.98. The Labute approximate surface area is 78.8 Å². The van der Waals surface area contributed by atoms with E-state index in [0.717, 1.165) is 6.42 Å². The Morgan fingerprint density at radius 1 is 1.23 bits per heavy atom. The molecule has 0 fully saturated rings. The lowest BCUT2D eigenvalue weighted by Crippen LogP contribution is -2.23. The SMILES string of the molecule is C[C@@H](Cc1ccccc1)[C@H](O)CO. The zero-order chi connectivity index (χ0) is 9.68. The molecule has 0 aliphatic heterocycles. The summed E-state index contributed by atoms with van der Waals surface area (Å²) in [5.41, 5.74) is 1.20. The smallest absolute Gasteiger partial charge is 0.0799 e. The lowest BCUT2D eigenvalue weighted by molar-refractivity contribution is 0.0535. The number of benzene rings is 1. The number of aliphatic hydroxyl groups is 2. The molecule has 2 N–H and O–H groups in total. The minimum absolute atomic E-state index is 0.104. The zero-order valence-electron chi connectivity index (χ0n) is 7.85. The van der Waals surface area contributed by atoms with E-state index in [1.807, 2.05) is 37.3 Å². The molecule has 0 unspecified atom stereocenters. The Morgan fingerprint density at radius 2 is 1.85 bits per heavy atom. The molecular weight excluding hydrogens is 164 g/mol. The fraction of sp³-hybridized carbons (Fsp3) is 0.455. The minimum Gasteiger partial charge on any atom is -0.394 e. The largest absolute Gasteiger partial charge is 0.394 e. The van der Waals surface area contributed by atoms with E-state index in [4.69, 9.17) is 5.11 Å². The molecule has 0 aromatic heterocycles. The maximum atomic E-state index is 9.34. The van der Waals surface area contributed by atoms with Gasteiger partial charge in [-0.15, -0.1) is 0 Å². The van der Waals surface area contributed by atoms with Gasteiger partial charge in [-0.05, 0) is 17.9 Å². The highest BCUT2D eigenvalue weighted by Crippen LogP contribution is 2.11. The Morgan fingerprint density at radius 3 is 2.38 bits per heavy atom. The average Bonchev–Trinajstić information content (AvgIpc) is 2.18. The number of hydrogen-bond acceptors (Lipinski definition) is 2. The van der Waals surface area contributed by atoms with Gasteiger partial charge in [0.1, 0.15) is 0 Å². The van der Waals surface area contributed by atoms with Crippen molar-refractivity contribution in [1.29, 1.82) is 0 Å². The van der Waals surface area contributed by atoms with Gasteiger partial charge in [0.2, 0.25) is 0 Å². The van der Waals surface area contributed by atoms with Crippen molar-refractivity contribution in [2.24, 2.45) is 5.92 Å². The van der Waals surface area contributed by atoms with E-state index in [2.05, 4.69) is 0 Å². The van der Waals surface area contributed by atoms with Crippen LogP contribution in [0.3, 0.4) is 0 Å². The van der Waals surface area contributed by atoms with Gasteiger partial charge in [0.15, 0.2) is 0 Å². The van der Waals surface area contributed by atoms with Crippen LogP contribution in [0.4, 0.5) is 0 Å². The van der Waals surface area contributed by atoms with E-state index >= 15 is 0 Å². The molecule has 1 rings (SSSR count). The van der Waals surface area contributed by atoms with Gasteiger partial charge < -0.3 is 10.2 Å². The van der Waals surface area contributed by atoms with E-state index in [0.29, 0.717) is 0 Å². The Bertz CT molecular complexity index is 233. The van der Waals surface area contributed by atoms with Gasteiger partial charge in [-0.3, -0.25) is 0 Å². The highest BCUT2D eigenvalue weighted by atomic mass is 16.3. The van der Waals surface area contributed by atoms with Crippen LogP contribution >= 0.6 is 0 Å². The van der Waals surface area contributed by atoms with Crippen LogP contribution < -0.4 is 0 Å². The Kier molecular flexibility index (Phi) is 3.93. The van der Waals surface area contributed by atoms with Crippen LogP contribution in [0.15, 0.2) is 30.3 Å². The summed E-state index contributed by atoms with van der Waals surface area (Å²) in [5, 5.41) is 18.1. The molecule has 0 heterocycles. The predicted octanol–water partition coefficient (Wildman–Crippen LogP) is 1.22. The van der Waals surface area contributed by atoms with Crippen LogP contribution in [0.25, 0.3) is 0 Å². The van der Waals surface area contributed by atoms with E-state index in [1.54, 1.807) is 0 Å². The molecule has 2 atom stereocenters. The summed E-state index contributed by atoms with van der Waals surface area (Å²) in [4.78, 5) is 0. The van der Waals surface area contributed by atoms with Crippen LogP contribution in [0.2, 0.25) is 0 Å². The molecule has 13 heavy (non-hydrogen) atoms. The molecular formula is C11H16O2. The van der Waals surface area contributed by atoms with Crippen molar-refractivity contribution < 1.29 is 10.2 Å². The minimum atomic E-state index is -0.611. The van der Waals surface area contributed by atoms with Crippen LogP contribution in [-0.4, -0.2) is 22.9 Å². The summed E-state index contributed by atoms with van der Waals surface area (Å²) >= 11 is 0. The summed E-state index contributed by atoms with van der Waals surface area (Å²) in [5.74, 6) is 0.104. The second kappa shape index (κ2) is 5.00. The third kappa shape index (κ3) is 3.17. The molecule has 0 amide bonds. The maximum absolute atomic E-state index is 9.34. The molecule has 0 aliphatic carbocycles. The first kappa shape index (κ1) is 10.2. The standard InChI is InChI=1S/C11H16O2/c1-9(11(13)8-12)7-10-5-3-2-4-6-10/h2-6,9,11-13H,7-8H2,1H3/t9-,11+/m0/s1. The molecule has 0 aliphatic rings. The number of aliphatic hydroxyl groups excluding tert-OH is 2. The monoisotopic (exact) mass is 180 g/mol. The first-order valence-corrected chi connectivity index (χ1v) is 4.57. The van der Waals surface area contributed by atoms with Crippen LogP contribution in [0, 0.1) is 5.92 Å². The van der Waals surface area contributed by atoms with Crippen molar-refractivity contribution in [2.75, 3.05) is 6.61 Å². The molecule has 1 aromatic rings. The van der Waals surface area contributed by atoms with Crippen molar-refractivity contribution in [3.63, 3.8) is 0 Å². The highest BCUT2D eigenvalue weighted by Gasteiger charge is 2.12. The number of rotatable bonds is 4. The van der Waals surface area contributed by atoms with Crippen LogP contribution in [0.5, 0.6) is 0 Å². The molecule has 2 heteroatoms. The third-order valence-corrected chi connectivity index (χ3v) is 2.24. The van der Waals surface area contributed by atoms with Crippen LogP contribution in [0.1, 0.15) is 12.5 Å². The van der Waals surface area contributed by atoms with Gasteiger partial charge in [0, 0.05) is 0 Å². The highest BCUT2D eigenvalue weighted by molar-refractivity contribution is 5.15. The van der Waals surface area contributed by atoms with Gasteiger partial charge in [-0.1, -0.05) is 37.3 Å². The summed E-state index contributed by atoms with van der Waals surface area (Å²) in [6.45, 7) is 1.78. The van der Waals surface area contributed by atoms with Crippen molar-refractivity contribution in [3.8, 4) is 0 Å². The second-order valence-electron chi connectivity index (χ2n) is 3.42. The molecule has 2 nitrogen and oxygen atoms in total. The zero-order valence-corrected chi connectivity index (χ0v) is 7.85. The van der Waals surface area contributed by atoms with Crippen molar-refractivity contribution >= 4 is 0 Å². The quantitative estimate of drug-likeness (QED) is 0.731. The van der Waals surface area contributed by atoms with Crippen molar-refractivity contribution in [2.45, 2.75) is 19.4 Å². The molecule has 0 spiro atoms. The fourth-order valence-corrected chi connectivity index (χ4v) is 1.30. The van der Waals surface area contributed by atoms with Gasteiger partial charge in [0.25, 0.3) is 0 Å². The fourth-order valence-electron chi connectivity index (χ4n) is 1.30. The molecule has 0 saturated heterocycles. The third-order valence-electron chi connectivity index (χ3n) is 2.24. The Balaban J connectivity index is 2.50. The average molecular weight is 180 g/mol. The van der Waals surface area contributed by atoms with E-state index in [9.17, 15) is 5.11 Å². The molecule has 0 saturated carbocycles. The first-order chi connectivity index (χ1) is 6.24. The van der Waals surface area contributed by atoms with E-state index in [1.165, 1.54) is 5.56 Å². The number of hydrogen-bond donors (Lipinski definition) is 2. The summed E-state index contributed by atoms with van der Waals surface area (Å²) < 4.78 is 0. The topological polar surface area (TPSA) is 40.5 Å².